The van der Waals surface area contributed by atoms with Crippen LogP contribution < -0.4 is 0 Å². The lowest BCUT2D eigenvalue weighted by Crippen LogP contribution is -2.13. The number of ether oxygens (including phenoxy) is 3. The van der Waals surface area contributed by atoms with Gasteiger partial charge in [-0.15, -0.1) is 0 Å². The Balaban J connectivity index is 3.13. The molecule has 0 N–H and O–H groups in total. The number of esters is 1. The molecule has 0 aromatic heterocycles. The molecule has 0 unspecified atom stereocenters. The normalized spacial score (nSPS) is 11.0. The van der Waals surface area contributed by atoms with Gasteiger partial charge in [0.2, 0.25) is 0 Å². The number of carbonyl (C=O) groups excluding carboxylic acids is 1. The van der Waals surface area contributed by atoms with Gasteiger partial charge in [0.05, 0.1) is 19.8 Å². The van der Waals surface area contributed by atoms with Gasteiger partial charge in [-0.2, -0.15) is 0 Å². The molecule has 0 aliphatic rings. The van der Waals surface area contributed by atoms with E-state index in [9.17, 15) is 4.79 Å². The van der Waals surface area contributed by atoms with Crippen LogP contribution in [0.3, 0.4) is 0 Å². The van der Waals surface area contributed by atoms with Gasteiger partial charge in [0, 0.05) is 13.0 Å². The van der Waals surface area contributed by atoms with E-state index in [1.54, 1.807) is 0 Å². The molecule has 0 atom stereocenters. The third-order valence-corrected chi connectivity index (χ3v) is 4.24. The van der Waals surface area contributed by atoms with Crippen molar-refractivity contribution in [3.05, 3.63) is 0 Å². The lowest BCUT2D eigenvalue weighted by molar-refractivity contribution is -0.145. The number of carbonyl (C=O) groups is 1. The van der Waals surface area contributed by atoms with E-state index in [1.165, 1.54) is 57.8 Å². The molecule has 0 heterocycles. The van der Waals surface area contributed by atoms with E-state index >= 15 is 0 Å². The van der Waals surface area contributed by atoms with Crippen molar-refractivity contribution >= 4 is 5.97 Å². The van der Waals surface area contributed by atoms with Crippen molar-refractivity contribution in [2.24, 2.45) is 0 Å². The van der Waals surface area contributed by atoms with Crippen molar-refractivity contribution in [1.82, 2.24) is 0 Å². The van der Waals surface area contributed by atoms with Crippen LogP contribution in [0.1, 0.15) is 97.3 Å². The Bertz CT molecular complexity index is 269. The van der Waals surface area contributed by atoms with E-state index in [0.717, 1.165) is 25.9 Å². The number of unbranched alkanes of at least 4 members (excludes halogenated alkanes) is 10. The highest BCUT2D eigenvalue weighted by molar-refractivity contribution is 5.69. The summed E-state index contributed by atoms with van der Waals surface area (Å²) in [6, 6.07) is 0. The second-order valence-corrected chi connectivity index (χ2v) is 6.73. The van der Waals surface area contributed by atoms with E-state index in [4.69, 9.17) is 14.2 Å². The summed E-state index contributed by atoms with van der Waals surface area (Å²) in [5, 5.41) is 0. The van der Waals surface area contributed by atoms with Gasteiger partial charge < -0.3 is 14.2 Å². The molecular formula is C21H42O4. The highest BCUT2D eigenvalue weighted by atomic mass is 16.6. The van der Waals surface area contributed by atoms with Crippen molar-refractivity contribution in [3.8, 4) is 0 Å². The van der Waals surface area contributed by atoms with Crippen LogP contribution in [0.5, 0.6) is 0 Å². The van der Waals surface area contributed by atoms with Crippen LogP contribution in [-0.2, 0) is 19.0 Å². The van der Waals surface area contributed by atoms with Crippen molar-refractivity contribution in [3.63, 3.8) is 0 Å². The van der Waals surface area contributed by atoms with Gasteiger partial charge in [-0.1, -0.05) is 78.1 Å². The molecule has 0 aliphatic heterocycles. The second-order valence-electron chi connectivity index (χ2n) is 6.73. The first kappa shape index (κ1) is 24.4. The summed E-state index contributed by atoms with van der Waals surface area (Å²) in [5.41, 5.74) is 0. The molecule has 0 saturated carbocycles. The molecule has 0 amide bonds. The molecule has 25 heavy (non-hydrogen) atoms. The van der Waals surface area contributed by atoms with Crippen LogP contribution in [0.15, 0.2) is 0 Å². The second kappa shape index (κ2) is 21.4. The lowest BCUT2D eigenvalue weighted by atomic mass is 10.1. The Hall–Kier alpha value is -0.610. The predicted molar refractivity (Wildman–Crippen MR) is 104 cm³/mol. The highest BCUT2D eigenvalue weighted by Crippen LogP contribution is 2.10. The molecule has 0 aliphatic carbocycles. The Kier molecular flexibility index (Phi) is 20.9. The van der Waals surface area contributed by atoms with Crippen molar-refractivity contribution in [2.45, 2.75) is 97.3 Å². The molecule has 0 saturated heterocycles. The quantitative estimate of drug-likeness (QED) is 0.208. The molecule has 0 radical (unpaired) electrons. The average molecular weight is 359 g/mol. The minimum absolute atomic E-state index is 0.0950. The molecule has 0 spiro atoms. The first-order valence-corrected chi connectivity index (χ1v) is 10.6. The molecule has 0 aromatic carbocycles. The zero-order chi connectivity index (χ0) is 18.4. The molecule has 4 heteroatoms. The van der Waals surface area contributed by atoms with Gasteiger partial charge in [0.25, 0.3) is 0 Å². The van der Waals surface area contributed by atoms with Crippen LogP contribution in [0.25, 0.3) is 0 Å². The third-order valence-electron chi connectivity index (χ3n) is 4.24. The van der Waals surface area contributed by atoms with Crippen LogP contribution in [-0.4, -0.2) is 39.0 Å². The standard InChI is InChI=1S/C21H42O4/c1-3-5-7-8-9-10-11-12-13-15-21(22)25-20-19-24-18-17-23-16-14-6-4-2/h3-20H2,1-2H3. The van der Waals surface area contributed by atoms with Crippen LogP contribution >= 0.6 is 0 Å². The predicted octanol–water partition coefficient (Wildman–Crippen LogP) is 5.67. The summed E-state index contributed by atoms with van der Waals surface area (Å²) >= 11 is 0. The molecule has 150 valence electrons. The van der Waals surface area contributed by atoms with Crippen LogP contribution in [0, 0.1) is 0 Å². The smallest absolute Gasteiger partial charge is 0.305 e. The zero-order valence-electron chi connectivity index (χ0n) is 16.9. The fourth-order valence-electron chi connectivity index (χ4n) is 2.64. The van der Waals surface area contributed by atoms with E-state index in [-0.39, 0.29) is 5.97 Å². The Morgan fingerprint density at radius 1 is 0.560 bits per heavy atom. The molecule has 0 bridgehead atoms. The van der Waals surface area contributed by atoms with Crippen LogP contribution in [0.2, 0.25) is 0 Å². The van der Waals surface area contributed by atoms with E-state index < -0.39 is 0 Å². The van der Waals surface area contributed by atoms with Crippen molar-refractivity contribution < 1.29 is 19.0 Å². The summed E-state index contributed by atoms with van der Waals surface area (Å²) in [4.78, 5) is 11.6. The average Bonchev–Trinajstić information content (AvgIpc) is 2.62. The Morgan fingerprint density at radius 2 is 1.04 bits per heavy atom. The van der Waals surface area contributed by atoms with E-state index in [2.05, 4.69) is 13.8 Å². The van der Waals surface area contributed by atoms with Gasteiger partial charge in [-0.05, 0) is 12.8 Å². The van der Waals surface area contributed by atoms with Gasteiger partial charge in [-0.3, -0.25) is 4.79 Å². The van der Waals surface area contributed by atoms with Gasteiger partial charge in [0.1, 0.15) is 6.61 Å². The Morgan fingerprint density at radius 3 is 1.68 bits per heavy atom. The molecular weight excluding hydrogens is 316 g/mol. The molecule has 0 rings (SSSR count). The van der Waals surface area contributed by atoms with Gasteiger partial charge >= 0.3 is 5.97 Å². The van der Waals surface area contributed by atoms with E-state index in [1.807, 2.05) is 0 Å². The summed E-state index contributed by atoms with van der Waals surface area (Å²) in [6.45, 7) is 7.24. The van der Waals surface area contributed by atoms with Crippen molar-refractivity contribution in [1.29, 1.82) is 0 Å². The minimum atomic E-state index is -0.0950. The summed E-state index contributed by atoms with van der Waals surface area (Å²) < 4.78 is 16.0. The van der Waals surface area contributed by atoms with Gasteiger partial charge in [-0.25, -0.2) is 0 Å². The minimum Gasteiger partial charge on any atom is -0.463 e. The molecule has 0 aromatic rings. The maximum atomic E-state index is 11.6. The van der Waals surface area contributed by atoms with E-state index in [0.29, 0.717) is 32.8 Å². The molecule has 0 fully saturated rings. The fourth-order valence-corrected chi connectivity index (χ4v) is 2.64. The number of hydrogen-bond donors (Lipinski definition) is 0. The number of rotatable bonds is 20. The first-order valence-electron chi connectivity index (χ1n) is 10.6. The topological polar surface area (TPSA) is 44.8 Å². The first-order chi connectivity index (χ1) is 12.3. The van der Waals surface area contributed by atoms with Gasteiger partial charge in [0.15, 0.2) is 0 Å². The van der Waals surface area contributed by atoms with Crippen molar-refractivity contribution in [2.75, 3.05) is 33.0 Å². The summed E-state index contributed by atoms with van der Waals surface area (Å²) in [7, 11) is 0. The lowest BCUT2D eigenvalue weighted by Gasteiger charge is -2.07. The third kappa shape index (κ3) is 21.3. The maximum absolute atomic E-state index is 11.6. The SMILES string of the molecule is CCCCCCCCCCCC(=O)OCCOCCOCCCCC. The highest BCUT2D eigenvalue weighted by Gasteiger charge is 2.02. The summed E-state index contributed by atoms with van der Waals surface area (Å²) in [6.07, 6.45) is 15.4. The maximum Gasteiger partial charge on any atom is 0.305 e. The van der Waals surface area contributed by atoms with Crippen LogP contribution in [0.4, 0.5) is 0 Å². The monoisotopic (exact) mass is 358 g/mol. The summed E-state index contributed by atoms with van der Waals surface area (Å²) in [5.74, 6) is -0.0950. The number of hydrogen-bond acceptors (Lipinski definition) is 4. The fraction of sp³-hybridized carbons (Fsp3) is 0.952. The Labute approximate surface area is 156 Å². The molecule has 4 nitrogen and oxygen atoms in total. The zero-order valence-corrected chi connectivity index (χ0v) is 16.9. The largest absolute Gasteiger partial charge is 0.463 e.